The Morgan fingerprint density at radius 2 is 1.88 bits per heavy atom. The Labute approximate surface area is 93.8 Å². The number of carbonyl (C=O) groups is 1. The maximum Gasteiger partial charge on any atom is 0.307 e. The summed E-state index contributed by atoms with van der Waals surface area (Å²) in [6, 6.07) is 6.46. The molecule has 1 saturated carbocycles. The highest BCUT2D eigenvalue weighted by Gasteiger charge is 2.44. The fraction of sp³-hybridized carbons (Fsp3) is 0.364. The summed E-state index contributed by atoms with van der Waals surface area (Å²) in [5.74, 6) is -1.03. The molecular formula is C11H12O4S. The second kappa shape index (κ2) is 3.59. The third-order valence-corrected chi connectivity index (χ3v) is 3.97. The highest BCUT2D eigenvalue weighted by molar-refractivity contribution is 7.90. The van der Waals surface area contributed by atoms with E-state index >= 15 is 0 Å². The van der Waals surface area contributed by atoms with Gasteiger partial charge in [-0.3, -0.25) is 4.79 Å². The quantitative estimate of drug-likeness (QED) is 0.863. The van der Waals surface area contributed by atoms with Crippen LogP contribution in [0.5, 0.6) is 0 Å². The number of hydrogen-bond donors (Lipinski definition) is 1. The predicted molar refractivity (Wildman–Crippen MR) is 58.0 cm³/mol. The van der Waals surface area contributed by atoms with Crippen LogP contribution in [-0.2, 0) is 14.6 Å². The Hall–Kier alpha value is -1.36. The number of hydrogen-bond acceptors (Lipinski definition) is 3. The normalized spacial score (nSPS) is 24.1. The van der Waals surface area contributed by atoms with E-state index in [-0.39, 0.29) is 16.7 Å². The molecule has 0 aromatic heterocycles. The molecule has 5 heteroatoms. The standard InChI is InChI=1S/C11H12O4S/c1-16(14,15)8-4-2-7(3-5-8)9-6-10(9)11(12)13/h2-5,9-10H,6H2,1H3,(H,12,13). The molecule has 2 rings (SSSR count). The van der Waals surface area contributed by atoms with Gasteiger partial charge < -0.3 is 5.11 Å². The molecule has 0 bridgehead atoms. The third-order valence-electron chi connectivity index (χ3n) is 2.84. The average molecular weight is 240 g/mol. The van der Waals surface area contributed by atoms with Crippen LogP contribution >= 0.6 is 0 Å². The lowest BCUT2D eigenvalue weighted by atomic mass is 10.1. The van der Waals surface area contributed by atoms with Gasteiger partial charge in [-0.25, -0.2) is 8.42 Å². The molecule has 1 fully saturated rings. The first-order valence-electron chi connectivity index (χ1n) is 4.92. The molecule has 0 heterocycles. The van der Waals surface area contributed by atoms with Crippen LogP contribution in [0.25, 0.3) is 0 Å². The molecule has 0 saturated heterocycles. The maximum absolute atomic E-state index is 11.2. The lowest BCUT2D eigenvalue weighted by Gasteiger charge is -2.01. The van der Waals surface area contributed by atoms with Crippen molar-refractivity contribution in [2.24, 2.45) is 5.92 Å². The minimum atomic E-state index is -3.17. The zero-order valence-corrected chi connectivity index (χ0v) is 9.57. The van der Waals surface area contributed by atoms with E-state index in [4.69, 9.17) is 5.11 Å². The molecule has 1 aliphatic carbocycles. The van der Waals surface area contributed by atoms with Crippen LogP contribution < -0.4 is 0 Å². The van der Waals surface area contributed by atoms with Crippen LogP contribution in [0.4, 0.5) is 0 Å². The molecule has 0 amide bonds. The molecule has 1 N–H and O–H groups in total. The van der Waals surface area contributed by atoms with E-state index in [0.29, 0.717) is 6.42 Å². The number of carboxylic acids is 1. The van der Waals surface area contributed by atoms with E-state index in [9.17, 15) is 13.2 Å². The van der Waals surface area contributed by atoms with Crippen molar-refractivity contribution < 1.29 is 18.3 Å². The number of benzene rings is 1. The van der Waals surface area contributed by atoms with Crippen molar-refractivity contribution in [3.63, 3.8) is 0 Å². The SMILES string of the molecule is CS(=O)(=O)c1ccc(C2CC2C(=O)O)cc1. The molecule has 16 heavy (non-hydrogen) atoms. The molecule has 4 nitrogen and oxygen atoms in total. The predicted octanol–water partition coefficient (Wildman–Crippen LogP) is 1.28. The van der Waals surface area contributed by atoms with Gasteiger partial charge in [0.1, 0.15) is 0 Å². The van der Waals surface area contributed by atoms with Gasteiger partial charge in [0.25, 0.3) is 0 Å². The largest absolute Gasteiger partial charge is 0.481 e. The summed E-state index contributed by atoms with van der Waals surface area (Å²) < 4.78 is 22.4. The molecule has 1 aromatic rings. The molecule has 86 valence electrons. The monoisotopic (exact) mass is 240 g/mol. The molecule has 1 aliphatic rings. The first kappa shape index (κ1) is 11.1. The van der Waals surface area contributed by atoms with Gasteiger partial charge >= 0.3 is 5.97 Å². The smallest absolute Gasteiger partial charge is 0.307 e. The van der Waals surface area contributed by atoms with E-state index in [1.165, 1.54) is 12.1 Å². The Kier molecular flexibility index (Phi) is 2.50. The number of rotatable bonds is 3. The summed E-state index contributed by atoms with van der Waals surface area (Å²) in [5.41, 5.74) is 0.903. The first-order valence-corrected chi connectivity index (χ1v) is 6.81. The maximum atomic E-state index is 11.2. The molecular weight excluding hydrogens is 228 g/mol. The highest BCUT2D eigenvalue weighted by Crippen LogP contribution is 2.47. The Balaban J connectivity index is 2.19. The van der Waals surface area contributed by atoms with Gasteiger partial charge in [-0.05, 0) is 30.0 Å². The Morgan fingerprint density at radius 1 is 1.31 bits per heavy atom. The molecule has 2 atom stereocenters. The minimum Gasteiger partial charge on any atom is -0.481 e. The minimum absolute atomic E-state index is 0.0473. The Bertz CT molecular complexity index is 515. The van der Waals surface area contributed by atoms with Crippen LogP contribution in [0, 0.1) is 5.92 Å². The molecule has 0 aliphatic heterocycles. The summed E-state index contributed by atoms with van der Waals surface area (Å²) in [6.45, 7) is 0. The van der Waals surface area contributed by atoms with Gasteiger partial charge in [0.05, 0.1) is 10.8 Å². The van der Waals surface area contributed by atoms with Crippen LogP contribution in [0.1, 0.15) is 17.9 Å². The number of aliphatic carboxylic acids is 1. The van der Waals surface area contributed by atoms with Crippen LogP contribution in [0.3, 0.4) is 0 Å². The summed E-state index contributed by atoms with van der Waals surface area (Å²) in [4.78, 5) is 10.9. The number of sulfone groups is 1. The van der Waals surface area contributed by atoms with Crippen molar-refractivity contribution in [2.75, 3.05) is 6.26 Å². The topological polar surface area (TPSA) is 71.4 Å². The van der Waals surface area contributed by atoms with Crippen molar-refractivity contribution in [1.82, 2.24) is 0 Å². The molecule has 2 unspecified atom stereocenters. The number of carboxylic acid groups (broad SMARTS) is 1. The third kappa shape index (κ3) is 2.09. The summed E-state index contributed by atoms with van der Waals surface area (Å²) in [5, 5.41) is 8.77. The van der Waals surface area contributed by atoms with Crippen LogP contribution in [0.2, 0.25) is 0 Å². The van der Waals surface area contributed by atoms with Crippen LogP contribution in [-0.4, -0.2) is 25.7 Å². The van der Waals surface area contributed by atoms with Crippen LogP contribution in [0.15, 0.2) is 29.2 Å². The summed E-state index contributed by atoms with van der Waals surface area (Å²) in [7, 11) is -3.17. The lowest BCUT2D eigenvalue weighted by molar-refractivity contribution is -0.138. The van der Waals surface area contributed by atoms with Crippen molar-refractivity contribution >= 4 is 15.8 Å². The summed E-state index contributed by atoms with van der Waals surface area (Å²) in [6.07, 6.45) is 1.80. The lowest BCUT2D eigenvalue weighted by Crippen LogP contribution is -2.00. The van der Waals surface area contributed by atoms with Gasteiger partial charge in [0.2, 0.25) is 0 Å². The van der Waals surface area contributed by atoms with E-state index < -0.39 is 15.8 Å². The summed E-state index contributed by atoms with van der Waals surface area (Å²) >= 11 is 0. The van der Waals surface area contributed by atoms with Crippen molar-refractivity contribution in [2.45, 2.75) is 17.2 Å². The first-order chi connectivity index (χ1) is 7.39. The zero-order valence-electron chi connectivity index (χ0n) is 8.75. The fourth-order valence-corrected chi connectivity index (χ4v) is 2.43. The molecule has 0 radical (unpaired) electrons. The van der Waals surface area contributed by atoms with Gasteiger partial charge in [0.15, 0.2) is 9.84 Å². The van der Waals surface area contributed by atoms with E-state index in [1.807, 2.05) is 0 Å². The second-order valence-electron chi connectivity index (χ2n) is 4.13. The molecule has 1 aromatic carbocycles. The van der Waals surface area contributed by atoms with Crippen molar-refractivity contribution in [3.8, 4) is 0 Å². The Morgan fingerprint density at radius 3 is 2.25 bits per heavy atom. The van der Waals surface area contributed by atoms with E-state index in [2.05, 4.69) is 0 Å². The fourth-order valence-electron chi connectivity index (χ4n) is 1.80. The van der Waals surface area contributed by atoms with E-state index in [0.717, 1.165) is 11.8 Å². The molecule has 0 spiro atoms. The van der Waals surface area contributed by atoms with Gasteiger partial charge in [-0.1, -0.05) is 12.1 Å². The second-order valence-corrected chi connectivity index (χ2v) is 6.14. The van der Waals surface area contributed by atoms with Gasteiger partial charge in [0, 0.05) is 6.26 Å². The highest BCUT2D eigenvalue weighted by atomic mass is 32.2. The van der Waals surface area contributed by atoms with Gasteiger partial charge in [-0.15, -0.1) is 0 Å². The van der Waals surface area contributed by atoms with Crippen molar-refractivity contribution in [3.05, 3.63) is 29.8 Å². The average Bonchev–Trinajstić information content (AvgIpc) is 2.96. The van der Waals surface area contributed by atoms with E-state index in [1.54, 1.807) is 12.1 Å². The van der Waals surface area contributed by atoms with Crippen molar-refractivity contribution in [1.29, 1.82) is 0 Å². The zero-order chi connectivity index (χ0) is 11.9. The van der Waals surface area contributed by atoms with Gasteiger partial charge in [-0.2, -0.15) is 0 Å².